The third-order valence-corrected chi connectivity index (χ3v) is 9.27. The average Bonchev–Trinajstić information content (AvgIpc) is 2.17. The molecule has 16 heavy (non-hydrogen) atoms. The van der Waals surface area contributed by atoms with E-state index in [1.165, 1.54) is 0 Å². The summed E-state index contributed by atoms with van der Waals surface area (Å²) in [6.07, 6.45) is 0.907. The van der Waals surface area contributed by atoms with Crippen LogP contribution in [0, 0.1) is 0 Å². The van der Waals surface area contributed by atoms with Gasteiger partial charge < -0.3 is 0 Å². The lowest BCUT2D eigenvalue weighted by atomic mass is 10.4. The van der Waals surface area contributed by atoms with Gasteiger partial charge in [-0.05, 0) is 23.8 Å². The molecule has 0 aliphatic heterocycles. The summed E-state index contributed by atoms with van der Waals surface area (Å²) >= 11 is 24.9. The van der Waals surface area contributed by atoms with Crippen LogP contribution in [0.5, 0.6) is 0 Å². The van der Waals surface area contributed by atoms with Gasteiger partial charge in [0.1, 0.15) is 0 Å². The van der Waals surface area contributed by atoms with Gasteiger partial charge in [-0.15, -0.1) is 44.3 Å². The first-order valence-corrected chi connectivity index (χ1v) is 14.1. The van der Waals surface area contributed by atoms with Crippen molar-refractivity contribution >= 4 is 62.9 Å². The highest BCUT2D eigenvalue weighted by Crippen LogP contribution is 2.28. The lowest BCUT2D eigenvalue weighted by Gasteiger charge is -2.18. The van der Waals surface area contributed by atoms with Crippen LogP contribution >= 0.6 is 44.3 Å². The van der Waals surface area contributed by atoms with E-state index in [-0.39, 0.29) is 0 Å². The molecule has 0 amide bonds. The van der Waals surface area contributed by atoms with Crippen LogP contribution in [0.1, 0.15) is 6.42 Å². The molecule has 0 radical (unpaired) electrons. The van der Waals surface area contributed by atoms with Gasteiger partial charge in [0.2, 0.25) is 6.69 Å². The predicted octanol–water partition coefficient (Wildman–Crippen LogP) is 4.75. The molecule has 0 saturated carbocycles. The second-order valence-corrected chi connectivity index (χ2v) is 19.2. The van der Waals surface area contributed by atoms with Gasteiger partial charge in [0.25, 0.3) is 6.69 Å². The Morgan fingerprint density at radius 1 is 0.938 bits per heavy atom. The third-order valence-electron chi connectivity index (χ3n) is 2.30. The molecule has 0 saturated heterocycles. The first-order chi connectivity index (χ1) is 7.31. The van der Waals surface area contributed by atoms with Gasteiger partial charge in [-0.3, -0.25) is 0 Å². The second-order valence-electron chi connectivity index (χ2n) is 3.99. The summed E-state index contributed by atoms with van der Waals surface area (Å²) in [6, 6.07) is 11.5. The zero-order chi connectivity index (χ0) is 12.2. The predicted molar refractivity (Wildman–Crippen MR) is 81.1 cm³/mol. The Morgan fingerprint density at radius 2 is 1.50 bits per heavy atom. The van der Waals surface area contributed by atoms with Crippen LogP contribution in [0.4, 0.5) is 0 Å². The highest BCUT2D eigenvalue weighted by Gasteiger charge is 2.31. The molecule has 6 heteroatoms. The fourth-order valence-electron chi connectivity index (χ4n) is 1.45. The summed E-state index contributed by atoms with van der Waals surface area (Å²) in [7, 11) is 0. The van der Waals surface area contributed by atoms with Gasteiger partial charge in [0.05, 0.1) is 0 Å². The molecule has 1 aromatic rings. The molecule has 0 aromatic heterocycles. The van der Waals surface area contributed by atoms with Crippen molar-refractivity contribution in [3.63, 3.8) is 0 Å². The number of halogens is 4. The molecule has 0 heterocycles. The maximum Gasteiger partial charge on any atom is 0.280 e. The number of rotatable bonds is 5. The van der Waals surface area contributed by atoms with Crippen molar-refractivity contribution in [2.45, 2.75) is 25.1 Å². The van der Waals surface area contributed by atoms with Gasteiger partial charge in [-0.25, -0.2) is 0 Å². The molecule has 0 aliphatic rings. The largest absolute Gasteiger partial charge is 0.280 e. The normalized spacial score (nSPS) is 12.8. The topological polar surface area (TPSA) is 0 Å². The molecule has 0 fully saturated rings. The molecular weight excluding hydrogens is 318 g/mol. The van der Waals surface area contributed by atoms with Gasteiger partial charge in [-0.2, -0.15) is 0 Å². The Labute approximate surface area is 118 Å². The maximum atomic E-state index is 6.42. The minimum absolute atomic E-state index is 0.808. The summed E-state index contributed by atoms with van der Waals surface area (Å²) in [6.45, 7) is -2.42. The standard InChI is InChI=1S/C10H14Cl4Si2/c1-15(11,12)8-5-9-16(13,14)10-6-3-2-4-7-10/h2-4,6-7H,5,8-9H2,1H3. The summed E-state index contributed by atoms with van der Waals surface area (Å²) < 4.78 is 0. The minimum atomic E-state index is -2.33. The molecule has 0 aliphatic carbocycles. The quantitative estimate of drug-likeness (QED) is 0.539. The number of hydrogen-bond donors (Lipinski definition) is 0. The van der Waals surface area contributed by atoms with Crippen molar-refractivity contribution in [2.75, 3.05) is 0 Å². The van der Waals surface area contributed by atoms with Crippen molar-refractivity contribution in [1.29, 1.82) is 0 Å². The fraction of sp³-hybridized carbons (Fsp3) is 0.400. The van der Waals surface area contributed by atoms with Crippen molar-refractivity contribution < 1.29 is 0 Å². The summed E-state index contributed by atoms with van der Waals surface area (Å²) in [5.74, 6) is 0. The molecule has 1 aromatic carbocycles. The Bertz CT molecular complexity index is 321. The van der Waals surface area contributed by atoms with E-state index >= 15 is 0 Å². The van der Waals surface area contributed by atoms with E-state index in [4.69, 9.17) is 44.3 Å². The van der Waals surface area contributed by atoms with Crippen LogP contribution in [0.2, 0.25) is 18.6 Å². The molecule has 0 nitrogen and oxygen atoms in total. The Hall–Kier alpha value is 0.814. The van der Waals surface area contributed by atoms with Crippen LogP contribution < -0.4 is 5.19 Å². The lowest BCUT2D eigenvalue weighted by Crippen LogP contribution is -2.36. The second kappa shape index (κ2) is 6.12. The zero-order valence-electron chi connectivity index (χ0n) is 9.02. The number of benzene rings is 1. The van der Waals surface area contributed by atoms with E-state index in [9.17, 15) is 0 Å². The van der Waals surface area contributed by atoms with Crippen molar-refractivity contribution in [3.8, 4) is 0 Å². The van der Waals surface area contributed by atoms with Crippen LogP contribution in [-0.2, 0) is 0 Å². The highest BCUT2D eigenvalue weighted by atomic mass is 35.7. The molecule has 0 N–H and O–H groups in total. The molecule has 0 unspecified atom stereocenters. The summed E-state index contributed by atoms with van der Waals surface area (Å²) in [5, 5.41) is 1.06. The summed E-state index contributed by atoms with van der Waals surface area (Å²) in [4.78, 5) is 0. The van der Waals surface area contributed by atoms with E-state index in [1.54, 1.807) is 0 Å². The first-order valence-electron chi connectivity index (χ1n) is 5.12. The lowest BCUT2D eigenvalue weighted by molar-refractivity contribution is 1.05. The van der Waals surface area contributed by atoms with Gasteiger partial charge in [0.15, 0.2) is 0 Å². The Balaban J connectivity index is 2.53. The van der Waals surface area contributed by atoms with Crippen molar-refractivity contribution in [3.05, 3.63) is 30.3 Å². The van der Waals surface area contributed by atoms with E-state index in [0.29, 0.717) is 0 Å². The molecule has 90 valence electrons. The molecular formula is C10H14Cl4Si2. The Kier molecular flexibility index (Phi) is 5.69. The van der Waals surface area contributed by atoms with Crippen LogP contribution in [0.25, 0.3) is 0 Å². The highest BCUT2D eigenvalue weighted by molar-refractivity contribution is 7.51. The van der Waals surface area contributed by atoms with E-state index in [2.05, 4.69) is 0 Å². The van der Waals surface area contributed by atoms with Crippen LogP contribution in [0.15, 0.2) is 30.3 Å². The van der Waals surface area contributed by atoms with E-state index in [0.717, 1.165) is 23.7 Å². The molecule has 0 bridgehead atoms. The van der Waals surface area contributed by atoms with Gasteiger partial charge in [-0.1, -0.05) is 36.8 Å². The minimum Gasteiger partial charge on any atom is -0.146 e. The van der Waals surface area contributed by atoms with Crippen molar-refractivity contribution in [1.82, 2.24) is 0 Å². The smallest absolute Gasteiger partial charge is 0.146 e. The van der Waals surface area contributed by atoms with Gasteiger partial charge >= 0.3 is 0 Å². The van der Waals surface area contributed by atoms with E-state index < -0.39 is 13.4 Å². The van der Waals surface area contributed by atoms with Crippen LogP contribution in [-0.4, -0.2) is 13.4 Å². The monoisotopic (exact) mass is 330 g/mol. The van der Waals surface area contributed by atoms with Gasteiger partial charge in [0, 0.05) is 0 Å². The average molecular weight is 332 g/mol. The molecule has 0 spiro atoms. The molecule has 0 atom stereocenters. The van der Waals surface area contributed by atoms with Crippen LogP contribution in [0.3, 0.4) is 0 Å². The SMILES string of the molecule is C[Si](Cl)(Cl)CCC[Si](Cl)(Cl)c1ccccc1. The third kappa shape index (κ3) is 5.43. The Morgan fingerprint density at radius 3 is 2.00 bits per heavy atom. The van der Waals surface area contributed by atoms with E-state index in [1.807, 2.05) is 36.9 Å². The zero-order valence-corrected chi connectivity index (χ0v) is 14.0. The fourth-order valence-corrected chi connectivity index (χ4v) is 6.55. The van der Waals surface area contributed by atoms with Crippen molar-refractivity contribution in [2.24, 2.45) is 0 Å². The molecule has 1 rings (SSSR count). The summed E-state index contributed by atoms with van der Waals surface area (Å²) in [5.41, 5.74) is 0. The maximum absolute atomic E-state index is 6.42. The number of hydrogen-bond acceptors (Lipinski definition) is 0. The first kappa shape index (κ1) is 14.9.